The number of hydrogen-bond acceptors (Lipinski definition) is 4. The molecule has 1 aromatic rings. The van der Waals surface area contributed by atoms with E-state index in [1.54, 1.807) is 17.8 Å². The molecule has 0 radical (unpaired) electrons. The number of carbonyl (C=O) groups is 2. The number of methoxy groups -OCH3 is 1. The summed E-state index contributed by atoms with van der Waals surface area (Å²) in [5, 5.41) is 3.16. The summed E-state index contributed by atoms with van der Waals surface area (Å²) in [4.78, 5) is 23.6. The van der Waals surface area contributed by atoms with Crippen LogP contribution in [0.15, 0.2) is 24.3 Å². The second-order valence-corrected chi connectivity index (χ2v) is 7.11. The van der Waals surface area contributed by atoms with Crippen LogP contribution in [-0.2, 0) is 15.3 Å². The SMILES string of the molecule is COC(=O)c1cccc(CSCC(=O)N[C@H]2CCCC[C@@H]2C)c1. The van der Waals surface area contributed by atoms with Crippen molar-refractivity contribution in [3.8, 4) is 0 Å². The Bertz CT molecular complexity index is 547. The number of rotatable bonds is 6. The van der Waals surface area contributed by atoms with Crippen molar-refractivity contribution >= 4 is 23.6 Å². The van der Waals surface area contributed by atoms with E-state index in [0.29, 0.717) is 29.0 Å². The molecule has 1 fully saturated rings. The van der Waals surface area contributed by atoms with Crippen molar-refractivity contribution in [1.29, 1.82) is 0 Å². The number of benzene rings is 1. The van der Waals surface area contributed by atoms with E-state index in [1.165, 1.54) is 26.4 Å². The number of carbonyl (C=O) groups excluding carboxylic acids is 2. The molecule has 5 heteroatoms. The largest absolute Gasteiger partial charge is 0.465 e. The second-order valence-electron chi connectivity index (χ2n) is 6.12. The topological polar surface area (TPSA) is 55.4 Å². The van der Waals surface area contributed by atoms with E-state index < -0.39 is 0 Å². The molecule has 4 nitrogen and oxygen atoms in total. The maximum atomic E-state index is 12.1. The Morgan fingerprint density at radius 1 is 1.30 bits per heavy atom. The van der Waals surface area contributed by atoms with E-state index in [9.17, 15) is 9.59 Å². The quantitative estimate of drug-likeness (QED) is 0.810. The van der Waals surface area contributed by atoms with Crippen LogP contribution in [0.4, 0.5) is 0 Å². The molecule has 1 aliphatic carbocycles. The molecule has 0 spiro atoms. The fourth-order valence-electron chi connectivity index (χ4n) is 2.95. The van der Waals surface area contributed by atoms with Gasteiger partial charge in [0.25, 0.3) is 0 Å². The molecule has 1 N–H and O–H groups in total. The Hall–Kier alpha value is -1.49. The normalized spacial score (nSPS) is 20.8. The van der Waals surface area contributed by atoms with Crippen LogP contribution in [0.5, 0.6) is 0 Å². The first-order valence-corrected chi connectivity index (χ1v) is 9.30. The van der Waals surface area contributed by atoms with Gasteiger partial charge in [-0.25, -0.2) is 4.79 Å². The third kappa shape index (κ3) is 5.57. The van der Waals surface area contributed by atoms with Crippen LogP contribution in [0.3, 0.4) is 0 Å². The molecule has 0 aromatic heterocycles. The molecular formula is C18H25NO3S. The fourth-order valence-corrected chi connectivity index (χ4v) is 3.73. The van der Waals surface area contributed by atoms with Crippen LogP contribution in [0, 0.1) is 5.92 Å². The van der Waals surface area contributed by atoms with Gasteiger partial charge in [-0.1, -0.05) is 31.9 Å². The smallest absolute Gasteiger partial charge is 0.337 e. The van der Waals surface area contributed by atoms with Crippen molar-refractivity contribution < 1.29 is 14.3 Å². The molecule has 0 aliphatic heterocycles. The van der Waals surface area contributed by atoms with Gasteiger partial charge in [0.1, 0.15) is 0 Å². The molecule has 0 bridgehead atoms. The van der Waals surface area contributed by atoms with E-state index >= 15 is 0 Å². The highest BCUT2D eigenvalue weighted by Crippen LogP contribution is 2.24. The fraction of sp³-hybridized carbons (Fsp3) is 0.556. The van der Waals surface area contributed by atoms with Gasteiger partial charge in [-0.15, -0.1) is 11.8 Å². The zero-order valence-corrected chi connectivity index (χ0v) is 14.7. The monoisotopic (exact) mass is 335 g/mol. The van der Waals surface area contributed by atoms with E-state index in [4.69, 9.17) is 4.74 Å². The summed E-state index contributed by atoms with van der Waals surface area (Å²) in [5.74, 6) is 1.51. The maximum Gasteiger partial charge on any atom is 0.337 e. The molecule has 2 rings (SSSR count). The van der Waals surface area contributed by atoms with Crippen LogP contribution < -0.4 is 5.32 Å². The Morgan fingerprint density at radius 2 is 2.09 bits per heavy atom. The van der Waals surface area contributed by atoms with Crippen LogP contribution in [-0.4, -0.2) is 30.8 Å². The van der Waals surface area contributed by atoms with Gasteiger partial charge in [0.2, 0.25) is 5.91 Å². The minimum Gasteiger partial charge on any atom is -0.465 e. The lowest BCUT2D eigenvalue weighted by Crippen LogP contribution is -2.41. The van der Waals surface area contributed by atoms with Gasteiger partial charge in [0, 0.05) is 11.8 Å². The van der Waals surface area contributed by atoms with Crippen molar-refractivity contribution in [3.05, 3.63) is 35.4 Å². The highest BCUT2D eigenvalue weighted by Gasteiger charge is 2.22. The number of thioether (sulfide) groups is 1. The van der Waals surface area contributed by atoms with E-state index in [-0.39, 0.29) is 11.9 Å². The van der Waals surface area contributed by atoms with Crippen LogP contribution in [0.1, 0.15) is 48.5 Å². The first kappa shape index (κ1) is 17.9. The molecule has 0 heterocycles. The van der Waals surface area contributed by atoms with Crippen LogP contribution in [0.2, 0.25) is 0 Å². The van der Waals surface area contributed by atoms with Crippen molar-refractivity contribution in [1.82, 2.24) is 5.32 Å². The zero-order valence-electron chi connectivity index (χ0n) is 13.8. The molecule has 2 atom stereocenters. The van der Waals surface area contributed by atoms with Crippen molar-refractivity contribution in [2.75, 3.05) is 12.9 Å². The molecule has 1 aromatic carbocycles. The van der Waals surface area contributed by atoms with Gasteiger partial charge in [0.05, 0.1) is 18.4 Å². The molecule has 1 amide bonds. The van der Waals surface area contributed by atoms with E-state index in [2.05, 4.69) is 12.2 Å². The number of nitrogens with one attached hydrogen (secondary N) is 1. The second kappa shape index (κ2) is 8.96. The lowest BCUT2D eigenvalue weighted by molar-refractivity contribution is -0.119. The van der Waals surface area contributed by atoms with Crippen molar-refractivity contribution in [3.63, 3.8) is 0 Å². The lowest BCUT2D eigenvalue weighted by Gasteiger charge is -2.29. The van der Waals surface area contributed by atoms with Crippen LogP contribution in [0.25, 0.3) is 0 Å². The molecule has 0 unspecified atom stereocenters. The molecule has 0 saturated heterocycles. The standard InChI is InChI=1S/C18H25NO3S/c1-13-6-3-4-9-16(13)19-17(20)12-23-11-14-7-5-8-15(10-14)18(21)22-2/h5,7-8,10,13,16H,3-4,6,9,11-12H2,1-2H3,(H,19,20)/t13-,16-/m0/s1. The van der Waals surface area contributed by atoms with E-state index in [0.717, 1.165) is 12.0 Å². The predicted octanol–water partition coefficient (Wildman–Crippen LogP) is 3.40. The Balaban J connectivity index is 1.76. The number of esters is 1. The third-order valence-electron chi connectivity index (χ3n) is 4.31. The van der Waals surface area contributed by atoms with Crippen LogP contribution >= 0.6 is 11.8 Å². The predicted molar refractivity (Wildman–Crippen MR) is 93.5 cm³/mol. The summed E-state index contributed by atoms with van der Waals surface area (Å²) < 4.78 is 4.72. The van der Waals surface area contributed by atoms with Gasteiger partial charge < -0.3 is 10.1 Å². The average molecular weight is 335 g/mol. The van der Waals surface area contributed by atoms with Gasteiger partial charge in [-0.2, -0.15) is 0 Å². The summed E-state index contributed by atoms with van der Waals surface area (Å²) in [7, 11) is 1.38. The zero-order chi connectivity index (χ0) is 16.7. The van der Waals surface area contributed by atoms with Gasteiger partial charge in [-0.05, 0) is 36.5 Å². The average Bonchev–Trinajstić information content (AvgIpc) is 2.56. The Labute approximate surface area is 142 Å². The van der Waals surface area contributed by atoms with E-state index in [1.807, 2.05) is 18.2 Å². The molecule has 1 saturated carbocycles. The summed E-state index contributed by atoms with van der Waals surface area (Å²) in [6.45, 7) is 2.22. The van der Waals surface area contributed by atoms with Gasteiger partial charge in [0.15, 0.2) is 0 Å². The van der Waals surface area contributed by atoms with Crippen molar-refractivity contribution in [2.24, 2.45) is 5.92 Å². The Morgan fingerprint density at radius 3 is 2.83 bits per heavy atom. The number of ether oxygens (including phenoxy) is 1. The summed E-state index contributed by atoms with van der Waals surface area (Å²) in [5.41, 5.74) is 1.57. The summed E-state index contributed by atoms with van der Waals surface area (Å²) >= 11 is 1.57. The number of amides is 1. The molecule has 23 heavy (non-hydrogen) atoms. The third-order valence-corrected chi connectivity index (χ3v) is 5.31. The number of hydrogen-bond donors (Lipinski definition) is 1. The highest BCUT2D eigenvalue weighted by molar-refractivity contribution is 7.99. The minimum absolute atomic E-state index is 0.109. The Kier molecular flexibility index (Phi) is 6.96. The van der Waals surface area contributed by atoms with Gasteiger partial charge in [-0.3, -0.25) is 4.79 Å². The maximum absolute atomic E-state index is 12.1. The highest BCUT2D eigenvalue weighted by atomic mass is 32.2. The van der Waals surface area contributed by atoms with Crippen molar-refractivity contribution in [2.45, 2.75) is 44.4 Å². The first-order valence-electron chi connectivity index (χ1n) is 8.14. The van der Waals surface area contributed by atoms with Gasteiger partial charge >= 0.3 is 5.97 Å². The molecule has 1 aliphatic rings. The lowest BCUT2D eigenvalue weighted by atomic mass is 9.86. The summed E-state index contributed by atoms with van der Waals surface area (Å²) in [6.07, 6.45) is 4.79. The molecule has 126 valence electrons. The first-order chi connectivity index (χ1) is 11.1. The molecular weight excluding hydrogens is 310 g/mol. The minimum atomic E-state index is -0.333. The summed E-state index contributed by atoms with van der Waals surface area (Å²) in [6, 6.07) is 7.68.